The van der Waals surface area contributed by atoms with Gasteiger partial charge < -0.3 is 14.3 Å². The van der Waals surface area contributed by atoms with Crippen LogP contribution in [0.4, 0.5) is 0 Å². The molecule has 0 aromatic carbocycles. The van der Waals surface area contributed by atoms with Gasteiger partial charge in [-0.25, -0.2) is 0 Å². The van der Waals surface area contributed by atoms with Crippen LogP contribution in [0.25, 0.3) is 0 Å². The van der Waals surface area contributed by atoms with Gasteiger partial charge in [0.25, 0.3) is 0 Å². The molecule has 3 fully saturated rings. The molecule has 4 nitrogen and oxygen atoms in total. The van der Waals surface area contributed by atoms with E-state index in [9.17, 15) is 0 Å². The average molecular weight is 263 g/mol. The number of oxime groups is 1. The Morgan fingerprint density at radius 3 is 2.95 bits per heavy atom. The van der Waals surface area contributed by atoms with Gasteiger partial charge in [0, 0.05) is 24.4 Å². The highest BCUT2D eigenvalue weighted by Gasteiger charge is 2.90. The summed E-state index contributed by atoms with van der Waals surface area (Å²) in [6.45, 7) is 5.27. The van der Waals surface area contributed by atoms with Crippen molar-refractivity contribution in [3.63, 3.8) is 0 Å². The molecule has 6 atom stereocenters. The lowest BCUT2D eigenvalue weighted by molar-refractivity contribution is -0.0395. The Morgan fingerprint density at radius 2 is 2.26 bits per heavy atom. The summed E-state index contributed by atoms with van der Waals surface area (Å²) in [4.78, 5) is 5.46. The van der Waals surface area contributed by atoms with E-state index in [0.717, 1.165) is 12.3 Å². The zero-order valence-corrected chi connectivity index (χ0v) is 11.8. The molecule has 4 heteroatoms. The Labute approximate surface area is 113 Å². The molecule has 0 radical (unpaired) electrons. The Bertz CT molecular complexity index is 470. The molecular weight excluding hydrogens is 242 g/mol. The molecule has 1 unspecified atom stereocenters. The van der Waals surface area contributed by atoms with Crippen LogP contribution in [0.5, 0.6) is 0 Å². The van der Waals surface area contributed by atoms with E-state index in [1.54, 1.807) is 0 Å². The first-order chi connectivity index (χ1) is 9.17. The minimum Gasteiger partial charge on any atom is -0.393 e. The number of ether oxygens (including phenoxy) is 2. The lowest BCUT2D eigenvalue weighted by Crippen LogP contribution is -2.34. The molecule has 0 aromatic heterocycles. The maximum Gasteiger partial charge on any atom is 0.143 e. The van der Waals surface area contributed by atoms with Crippen LogP contribution < -0.4 is 0 Å². The normalized spacial score (nSPS) is 51.9. The van der Waals surface area contributed by atoms with Gasteiger partial charge >= 0.3 is 0 Å². The zero-order valence-electron chi connectivity index (χ0n) is 11.8. The van der Waals surface area contributed by atoms with E-state index in [-0.39, 0.29) is 17.1 Å². The molecule has 104 valence electrons. The van der Waals surface area contributed by atoms with Gasteiger partial charge in [0.15, 0.2) is 0 Å². The van der Waals surface area contributed by atoms with Crippen LogP contribution in [-0.2, 0) is 14.3 Å². The number of hydrogen-bond acceptors (Lipinski definition) is 4. The topological polar surface area (TPSA) is 40.0 Å². The molecule has 1 heterocycles. The van der Waals surface area contributed by atoms with E-state index in [1.165, 1.54) is 6.42 Å². The van der Waals surface area contributed by atoms with Crippen LogP contribution >= 0.6 is 0 Å². The van der Waals surface area contributed by atoms with Crippen LogP contribution in [-0.4, -0.2) is 37.7 Å². The van der Waals surface area contributed by atoms with Gasteiger partial charge in [0.05, 0.1) is 17.9 Å². The Morgan fingerprint density at radius 1 is 1.42 bits per heavy atom. The van der Waals surface area contributed by atoms with Crippen molar-refractivity contribution in [1.29, 1.82) is 0 Å². The van der Waals surface area contributed by atoms with Gasteiger partial charge in [0.1, 0.15) is 12.7 Å². The van der Waals surface area contributed by atoms with Crippen LogP contribution in [0.1, 0.15) is 20.3 Å². The van der Waals surface area contributed by atoms with E-state index in [4.69, 9.17) is 14.3 Å². The summed E-state index contributed by atoms with van der Waals surface area (Å²) >= 11 is 0. The Hall–Kier alpha value is -0.870. The van der Waals surface area contributed by atoms with Gasteiger partial charge in [-0.3, -0.25) is 0 Å². The maximum absolute atomic E-state index is 6.02. The summed E-state index contributed by atoms with van der Waals surface area (Å²) in [6, 6.07) is 0. The van der Waals surface area contributed by atoms with E-state index >= 15 is 0 Å². The number of methoxy groups -OCH3 is 1. The van der Waals surface area contributed by atoms with Gasteiger partial charge in [-0.05, 0) is 26.2 Å². The van der Waals surface area contributed by atoms with Crippen molar-refractivity contribution in [3.05, 3.63) is 12.2 Å². The highest BCUT2D eigenvalue weighted by atomic mass is 16.6. The second-order valence-corrected chi connectivity index (χ2v) is 6.49. The molecule has 4 rings (SSSR count). The summed E-state index contributed by atoms with van der Waals surface area (Å²) in [7, 11) is 1.86. The fourth-order valence-electron chi connectivity index (χ4n) is 5.28. The molecule has 1 saturated heterocycles. The predicted octanol–water partition coefficient (Wildman–Crippen LogP) is 2.00. The molecule has 0 N–H and O–H groups in total. The van der Waals surface area contributed by atoms with E-state index in [0.29, 0.717) is 24.4 Å². The third kappa shape index (κ3) is 1.12. The third-order valence-electron chi connectivity index (χ3n) is 5.71. The van der Waals surface area contributed by atoms with Crippen molar-refractivity contribution in [3.8, 4) is 0 Å². The summed E-state index contributed by atoms with van der Waals surface area (Å²) in [5, 5.41) is 4.04. The molecular formula is C15H21NO3. The number of hydrogen-bond donors (Lipinski definition) is 0. The summed E-state index contributed by atoms with van der Waals surface area (Å²) in [5.41, 5.74) is 1.11. The largest absolute Gasteiger partial charge is 0.393 e. The lowest BCUT2D eigenvalue weighted by Gasteiger charge is -2.24. The first kappa shape index (κ1) is 11.9. The first-order valence-electron chi connectivity index (χ1n) is 7.16. The highest BCUT2D eigenvalue weighted by Crippen LogP contribution is 2.83. The number of nitrogens with zero attached hydrogens (tertiary/aromatic N) is 1. The van der Waals surface area contributed by atoms with Gasteiger partial charge in [-0.15, -0.1) is 0 Å². The highest BCUT2D eigenvalue weighted by molar-refractivity contribution is 5.78. The second-order valence-electron chi connectivity index (χ2n) is 6.49. The molecule has 1 spiro atoms. The minimum atomic E-state index is 0.00711. The summed E-state index contributed by atoms with van der Waals surface area (Å²) in [6.07, 6.45) is 6.03. The Balaban J connectivity index is 1.59. The molecule has 3 aliphatic carbocycles. The fourth-order valence-corrected chi connectivity index (χ4v) is 5.28. The van der Waals surface area contributed by atoms with Crippen molar-refractivity contribution in [1.82, 2.24) is 0 Å². The van der Waals surface area contributed by atoms with Crippen molar-refractivity contribution < 1.29 is 14.3 Å². The molecule has 0 aromatic rings. The smallest absolute Gasteiger partial charge is 0.143 e. The summed E-state index contributed by atoms with van der Waals surface area (Å²) < 4.78 is 12.0. The minimum absolute atomic E-state index is 0.00711. The molecule has 0 amide bonds. The molecule has 0 bridgehead atoms. The van der Waals surface area contributed by atoms with Gasteiger partial charge in [0.2, 0.25) is 0 Å². The first-order valence-corrected chi connectivity index (χ1v) is 7.16. The number of rotatable bonds is 4. The quantitative estimate of drug-likeness (QED) is 0.442. The van der Waals surface area contributed by atoms with E-state index in [2.05, 4.69) is 17.3 Å². The van der Waals surface area contributed by atoms with E-state index in [1.807, 2.05) is 21.0 Å². The molecule has 1 aliphatic heterocycles. The van der Waals surface area contributed by atoms with Crippen molar-refractivity contribution >= 4 is 5.71 Å². The van der Waals surface area contributed by atoms with Crippen LogP contribution in [0.3, 0.4) is 0 Å². The maximum atomic E-state index is 6.02. The van der Waals surface area contributed by atoms with Crippen LogP contribution in [0.2, 0.25) is 0 Å². The van der Waals surface area contributed by atoms with Gasteiger partial charge in [-0.2, -0.15) is 0 Å². The van der Waals surface area contributed by atoms with Gasteiger partial charge in [-0.1, -0.05) is 17.3 Å². The Kier molecular flexibility index (Phi) is 2.26. The summed E-state index contributed by atoms with van der Waals surface area (Å²) in [5.74, 6) is 1.73. The predicted molar refractivity (Wildman–Crippen MR) is 70.9 cm³/mol. The van der Waals surface area contributed by atoms with Crippen molar-refractivity contribution in [2.75, 3.05) is 20.3 Å². The zero-order chi connectivity index (χ0) is 13.3. The standard InChI is InChI=1S/C15H21NO3/c1-9(2)16-19-8-13-14-11(7-18-13)6-10-4-5-12(14)15(10,14)17-3/h4-5,10-13H,6-8H2,1-3H3/t10-,11-,12-,13+,14+,15?/m1/s1. The molecule has 19 heavy (non-hydrogen) atoms. The molecule has 2 saturated carbocycles. The van der Waals surface area contributed by atoms with Crippen molar-refractivity contribution in [2.45, 2.75) is 32.0 Å². The lowest BCUT2D eigenvalue weighted by atomic mass is 9.86. The van der Waals surface area contributed by atoms with Crippen molar-refractivity contribution in [2.24, 2.45) is 28.3 Å². The second kappa shape index (κ2) is 3.61. The monoisotopic (exact) mass is 263 g/mol. The third-order valence-corrected chi connectivity index (χ3v) is 5.71. The van der Waals surface area contributed by atoms with E-state index < -0.39 is 0 Å². The average Bonchev–Trinajstić information content (AvgIpc) is 2.59. The van der Waals surface area contributed by atoms with Crippen LogP contribution in [0.15, 0.2) is 17.3 Å². The van der Waals surface area contributed by atoms with Crippen LogP contribution in [0, 0.1) is 23.2 Å². The SMILES string of the molecule is COC12[C@@H]3C=C[C@@H]1[C@]21[C@@H](CO[C@H]1CON=C(C)C)C3. The fraction of sp³-hybridized carbons (Fsp3) is 0.800. The molecule has 4 aliphatic rings.